The maximum atomic E-state index is 13.2. The van der Waals surface area contributed by atoms with Crippen molar-refractivity contribution in [2.45, 2.75) is 11.8 Å². The summed E-state index contributed by atoms with van der Waals surface area (Å²) in [4.78, 5) is 0.150. The Morgan fingerprint density at radius 2 is 1.58 bits per heavy atom. The third kappa shape index (κ3) is 4.34. The summed E-state index contributed by atoms with van der Waals surface area (Å²) < 4.78 is 44.2. The van der Waals surface area contributed by atoms with Crippen molar-refractivity contribution in [3.05, 3.63) is 78.4 Å². The number of hydrogen-bond donors (Lipinski definition) is 0. The molecule has 1 aromatic heterocycles. The lowest BCUT2D eigenvalue weighted by atomic mass is 10.2. The Hall–Kier alpha value is -3.52. The summed E-state index contributed by atoms with van der Waals surface area (Å²) in [5.41, 5.74) is 1.37. The zero-order valence-corrected chi connectivity index (χ0v) is 18.0. The van der Waals surface area contributed by atoms with E-state index in [1.54, 1.807) is 49.6 Å². The van der Waals surface area contributed by atoms with E-state index in [2.05, 4.69) is 5.10 Å². The van der Waals surface area contributed by atoms with Gasteiger partial charge in [-0.25, -0.2) is 0 Å². The fourth-order valence-corrected chi connectivity index (χ4v) is 4.36. The summed E-state index contributed by atoms with van der Waals surface area (Å²) in [5, 5.41) is 4.81. The number of fused-ring (bicyclic) bond motifs is 1. The van der Waals surface area contributed by atoms with Crippen LogP contribution in [0, 0.1) is 6.92 Å². The molecular weight excluding hydrogens is 416 g/mol. The van der Waals surface area contributed by atoms with Gasteiger partial charge in [0.1, 0.15) is 24.7 Å². The minimum absolute atomic E-state index is 0.150. The zero-order chi connectivity index (χ0) is 21.8. The average molecular weight is 439 g/mol. The number of hydrogen-bond acceptors (Lipinski definition) is 6. The third-order valence-corrected chi connectivity index (χ3v) is 6.30. The number of methoxy groups -OCH3 is 1. The minimum atomic E-state index is -3.90. The highest BCUT2D eigenvalue weighted by molar-refractivity contribution is 7.90. The van der Waals surface area contributed by atoms with E-state index in [1.807, 2.05) is 37.3 Å². The van der Waals surface area contributed by atoms with Gasteiger partial charge in [-0.05, 0) is 49.4 Å². The number of aryl methyl sites for hydroxylation is 1. The summed E-state index contributed by atoms with van der Waals surface area (Å²) in [7, 11) is -2.36. The van der Waals surface area contributed by atoms with Gasteiger partial charge in [0.15, 0.2) is 0 Å². The summed E-state index contributed by atoms with van der Waals surface area (Å²) >= 11 is 0. The van der Waals surface area contributed by atoms with Gasteiger partial charge in [0, 0.05) is 0 Å². The molecule has 0 bridgehead atoms. The molecule has 0 aliphatic heterocycles. The molecule has 0 unspecified atom stereocenters. The monoisotopic (exact) mass is 438 g/mol. The lowest BCUT2D eigenvalue weighted by Crippen LogP contribution is -2.15. The Morgan fingerprint density at radius 3 is 2.29 bits per heavy atom. The summed E-state index contributed by atoms with van der Waals surface area (Å²) in [6.45, 7) is 2.38. The number of benzene rings is 3. The van der Waals surface area contributed by atoms with Crippen molar-refractivity contribution in [2.24, 2.45) is 0 Å². The van der Waals surface area contributed by atoms with Crippen LogP contribution in [0.1, 0.15) is 5.56 Å². The SMILES string of the molecule is COc1ccc2c(c1)c(OCCOc1ccccc1)nn2S(=O)(=O)c1ccc(C)cc1. The topological polar surface area (TPSA) is 79.7 Å². The minimum Gasteiger partial charge on any atom is -0.497 e. The number of nitrogens with zero attached hydrogens (tertiary/aromatic N) is 2. The molecule has 7 nitrogen and oxygen atoms in total. The highest BCUT2D eigenvalue weighted by Crippen LogP contribution is 2.31. The van der Waals surface area contributed by atoms with Crippen LogP contribution in [-0.4, -0.2) is 37.9 Å². The van der Waals surface area contributed by atoms with Crippen LogP contribution in [0.15, 0.2) is 77.7 Å². The lowest BCUT2D eigenvalue weighted by molar-refractivity contribution is 0.213. The fraction of sp³-hybridized carbons (Fsp3) is 0.174. The molecule has 4 rings (SSSR count). The van der Waals surface area contributed by atoms with E-state index in [1.165, 1.54) is 0 Å². The highest BCUT2D eigenvalue weighted by Gasteiger charge is 2.24. The molecule has 4 aromatic rings. The smallest absolute Gasteiger partial charge is 0.283 e. The van der Waals surface area contributed by atoms with Crippen LogP contribution in [-0.2, 0) is 10.0 Å². The summed E-state index contributed by atoms with van der Waals surface area (Å²) in [6.07, 6.45) is 0. The second kappa shape index (κ2) is 8.69. The van der Waals surface area contributed by atoms with Crippen LogP contribution in [0.25, 0.3) is 10.9 Å². The lowest BCUT2D eigenvalue weighted by Gasteiger charge is -2.07. The first-order valence-corrected chi connectivity index (χ1v) is 11.1. The molecule has 0 N–H and O–H groups in total. The first-order valence-electron chi connectivity index (χ1n) is 9.69. The molecule has 0 saturated heterocycles. The highest BCUT2D eigenvalue weighted by atomic mass is 32.2. The molecule has 0 atom stereocenters. The molecule has 0 aliphatic rings. The molecule has 0 radical (unpaired) electrons. The van der Waals surface area contributed by atoms with Gasteiger partial charge in [0.05, 0.1) is 22.9 Å². The Bertz CT molecular complexity index is 1280. The van der Waals surface area contributed by atoms with Crippen LogP contribution in [0.4, 0.5) is 0 Å². The van der Waals surface area contributed by atoms with Crippen molar-refractivity contribution in [1.29, 1.82) is 0 Å². The second-order valence-electron chi connectivity index (χ2n) is 6.86. The maximum Gasteiger partial charge on any atom is 0.283 e. The molecule has 160 valence electrons. The van der Waals surface area contributed by atoms with Gasteiger partial charge in [0.2, 0.25) is 5.88 Å². The molecule has 31 heavy (non-hydrogen) atoms. The van der Waals surface area contributed by atoms with Crippen LogP contribution < -0.4 is 14.2 Å². The first kappa shape index (κ1) is 20.7. The molecule has 8 heteroatoms. The fourth-order valence-electron chi connectivity index (χ4n) is 3.08. The van der Waals surface area contributed by atoms with E-state index in [9.17, 15) is 8.42 Å². The number of aromatic nitrogens is 2. The largest absolute Gasteiger partial charge is 0.497 e. The van der Waals surface area contributed by atoms with Gasteiger partial charge in [-0.3, -0.25) is 0 Å². The molecule has 0 fully saturated rings. The van der Waals surface area contributed by atoms with Crippen LogP contribution in [0.5, 0.6) is 17.4 Å². The Kier molecular flexibility index (Phi) is 5.81. The van der Waals surface area contributed by atoms with Crippen molar-refractivity contribution in [2.75, 3.05) is 20.3 Å². The van der Waals surface area contributed by atoms with Gasteiger partial charge >= 0.3 is 0 Å². The molecule has 1 heterocycles. The third-order valence-electron chi connectivity index (χ3n) is 4.70. The van der Waals surface area contributed by atoms with E-state index < -0.39 is 10.0 Å². The molecule has 3 aromatic carbocycles. The average Bonchev–Trinajstić information content (AvgIpc) is 3.16. The van der Waals surface area contributed by atoms with Gasteiger partial charge in [0.25, 0.3) is 10.0 Å². The van der Waals surface area contributed by atoms with Crippen LogP contribution in [0.2, 0.25) is 0 Å². The number of para-hydroxylation sites is 1. The van der Waals surface area contributed by atoms with E-state index in [4.69, 9.17) is 14.2 Å². The number of rotatable bonds is 8. The molecule has 0 aliphatic carbocycles. The van der Waals surface area contributed by atoms with Crippen LogP contribution >= 0.6 is 0 Å². The van der Waals surface area contributed by atoms with E-state index in [0.29, 0.717) is 16.7 Å². The van der Waals surface area contributed by atoms with E-state index >= 15 is 0 Å². The normalized spacial score (nSPS) is 11.4. The summed E-state index contributed by atoms with van der Waals surface area (Å²) in [5.74, 6) is 1.50. The summed E-state index contributed by atoms with van der Waals surface area (Å²) in [6, 6.07) is 21.0. The van der Waals surface area contributed by atoms with Gasteiger partial charge in [-0.1, -0.05) is 35.9 Å². The zero-order valence-electron chi connectivity index (χ0n) is 17.2. The standard InChI is InChI=1S/C23H22N2O5S/c1-17-8-11-20(12-9-17)31(26,27)25-22-13-10-19(28-2)16-21(22)23(24-25)30-15-14-29-18-6-4-3-5-7-18/h3-13,16H,14-15H2,1-2H3. The van der Waals surface area contributed by atoms with Crippen molar-refractivity contribution >= 4 is 20.9 Å². The van der Waals surface area contributed by atoms with Gasteiger partial charge in [-0.15, -0.1) is 9.19 Å². The van der Waals surface area contributed by atoms with E-state index in [-0.39, 0.29) is 24.0 Å². The molecule has 0 amide bonds. The Labute approximate surface area is 180 Å². The van der Waals surface area contributed by atoms with Crippen molar-refractivity contribution in [1.82, 2.24) is 9.19 Å². The quantitative estimate of drug-likeness (QED) is 0.386. The van der Waals surface area contributed by atoms with Crippen molar-refractivity contribution in [3.63, 3.8) is 0 Å². The molecule has 0 spiro atoms. The Morgan fingerprint density at radius 1 is 0.871 bits per heavy atom. The predicted octanol–water partition coefficient (Wildman–Crippen LogP) is 4.05. The van der Waals surface area contributed by atoms with Gasteiger partial charge in [-0.2, -0.15) is 8.42 Å². The second-order valence-corrected chi connectivity index (χ2v) is 8.63. The molecule has 0 saturated carbocycles. The van der Waals surface area contributed by atoms with Gasteiger partial charge < -0.3 is 14.2 Å². The van der Waals surface area contributed by atoms with Crippen molar-refractivity contribution in [3.8, 4) is 17.4 Å². The van der Waals surface area contributed by atoms with Crippen molar-refractivity contribution < 1.29 is 22.6 Å². The first-order chi connectivity index (χ1) is 15.0. The Balaban J connectivity index is 1.64. The van der Waals surface area contributed by atoms with Crippen LogP contribution in [0.3, 0.4) is 0 Å². The number of ether oxygens (including phenoxy) is 3. The maximum absolute atomic E-state index is 13.2. The van der Waals surface area contributed by atoms with E-state index in [0.717, 1.165) is 15.4 Å². The molecular formula is C23H22N2O5S. The predicted molar refractivity (Wildman–Crippen MR) is 117 cm³/mol.